The van der Waals surface area contributed by atoms with Crippen LogP contribution in [0.5, 0.6) is 0 Å². The number of unbranched alkanes of at least 4 members (excludes halogenated alkanes) is 35. The van der Waals surface area contributed by atoms with Crippen molar-refractivity contribution in [1.29, 1.82) is 0 Å². The van der Waals surface area contributed by atoms with Crippen LogP contribution in [-0.4, -0.2) is 37.2 Å². The van der Waals surface area contributed by atoms with Crippen LogP contribution >= 0.6 is 0 Å². The van der Waals surface area contributed by atoms with E-state index in [-0.39, 0.29) is 31.1 Å². The molecule has 0 saturated carbocycles. The van der Waals surface area contributed by atoms with Gasteiger partial charge in [0, 0.05) is 19.3 Å². The molecule has 56 heavy (non-hydrogen) atoms. The van der Waals surface area contributed by atoms with E-state index in [4.69, 9.17) is 14.2 Å². The zero-order valence-corrected chi connectivity index (χ0v) is 37.9. The average Bonchev–Trinajstić information content (AvgIpc) is 3.19. The summed E-state index contributed by atoms with van der Waals surface area (Å²) in [5.74, 6) is -0.860. The van der Waals surface area contributed by atoms with Crippen molar-refractivity contribution in [3.05, 3.63) is 0 Å². The van der Waals surface area contributed by atoms with Crippen molar-refractivity contribution in [1.82, 2.24) is 0 Å². The van der Waals surface area contributed by atoms with Gasteiger partial charge in [0.25, 0.3) is 0 Å². The highest BCUT2D eigenvalue weighted by Gasteiger charge is 2.19. The van der Waals surface area contributed by atoms with Crippen molar-refractivity contribution in [3.8, 4) is 0 Å². The molecule has 6 heteroatoms. The lowest BCUT2D eigenvalue weighted by molar-refractivity contribution is -0.167. The summed E-state index contributed by atoms with van der Waals surface area (Å²) >= 11 is 0. The van der Waals surface area contributed by atoms with Crippen molar-refractivity contribution in [2.24, 2.45) is 0 Å². The van der Waals surface area contributed by atoms with Crippen LogP contribution in [0.4, 0.5) is 0 Å². The molecule has 0 aromatic heterocycles. The van der Waals surface area contributed by atoms with Gasteiger partial charge in [-0.3, -0.25) is 14.4 Å². The van der Waals surface area contributed by atoms with Crippen molar-refractivity contribution in [3.63, 3.8) is 0 Å². The minimum atomic E-state index is -0.757. The molecule has 0 rings (SSSR count). The number of ether oxygens (including phenoxy) is 3. The second-order valence-corrected chi connectivity index (χ2v) is 17.1. The smallest absolute Gasteiger partial charge is 0.306 e. The average molecular weight is 793 g/mol. The predicted octanol–water partition coefficient (Wildman–Crippen LogP) is 16.0. The second kappa shape index (κ2) is 46.1. The minimum Gasteiger partial charge on any atom is -0.462 e. The topological polar surface area (TPSA) is 78.9 Å². The maximum absolute atomic E-state index is 12.7. The highest BCUT2D eigenvalue weighted by atomic mass is 16.6. The first-order chi connectivity index (χ1) is 27.5. The molecule has 0 aromatic rings. The van der Waals surface area contributed by atoms with E-state index in [1.54, 1.807) is 0 Å². The second-order valence-electron chi connectivity index (χ2n) is 17.1. The molecule has 0 aliphatic carbocycles. The molecule has 0 heterocycles. The van der Waals surface area contributed by atoms with Crippen LogP contribution < -0.4 is 0 Å². The minimum absolute atomic E-state index is 0.0633. The molecular formula is C50H96O6. The fourth-order valence-corrected chi connectivity index (χ4v) is 7.56. The number of rotatable bonds is 46. The summed E-state index contributed by atoms with van der Waals surface area (Å²) < 4.78 is 16.7. The summed E-state index contributed by atoms with van der Waals surface area (Å²) in [6.45, 7) is 6.60. The van der Waals surface area contributed by atoms with Gasteiger partial charge in [-0.15, -0.1) is 0 Å². The van der Waals surface area contributed by atoms with E-state index >= 15 is 0 Å². The van der Waals surface area contributed by atoms with E-state index in [1.165, 1.54) is 180 Å². The predicted molar refractivity (Wildman–Crippen MR) is 238 cm³/mol. The van der Waals surface area contributed by atoms with Gasteiger partial charge in [0.2, 0.25) is 0 Å². The van der Waals surface area contributed by atoms with E-state index in [2.05, 4.69) is 20.8 Å². The van der Waals surface area contributed by atoms with Gasteiger partial charge in [0.05, 0.1) is 0 Å². The Morgan fingerprint density at radius 2 is 0.482 bits per heavy atom. The zero-order chi connectivity index (χ0) is 40.8. The van der Waals surface area contributed by atoms with Crippen LogP contribution in [-0.2, 0) is 28.6 Å². The van der Waals surface area contributed by atoms with Gasteiger partial charge >= 0.3 is 17.9 Å². The summed E-state index contributed by atoms with van der Waals surface area (Å²) in [6.07, 6.45) is 48.4. The summed E-state index contributed by atoms with van der Waals surface area (Å²) in [4.78, 5) is 37.6. The zero-order valence-electron chi connectivity index (χ0n) is 37.9. The van der Waals surface area contributed by atoms with Gasteiger partial charge in [-0.1, -0.05) is 245 Å². The highest BCUT2D eigenvalue weighted by molar-refractivity contribution is 5.71. The molecule has 0 aromatic carbocycles. The highest BCUT2D eigenvalue weighted by Crippen LogP contribution is 2.17. The maximum Gasteiger partial charge on any atom is 0.306 e. The SMILES string of the molecule is CCCCCCCCCCCCCCCCCCCCCC(=O)OCC(COC(=O)CCCCCCC)OC(=O)CCCCCCCCCCCCCCCC. The molecule has 332 valence electrons. The molecule has 0 fully saturated rings. The fraction of sp³-hybridized carbons (Fsp3) is 0.940. The molecule has 0 saturated heterocycles. The molecule has 6 nitrogen and oxygen atoms in total. The van der Waals surface area contributed by atoms with Gasteiger partial charge in [0.1, 0.15) is 13.2 Å². The monoisotopic (exact) mass is 793 g/mol. The first-order valence-corrected chi connectivity index (χ1v) is 25.0. The third-order valence-corrected chi connectivity index (χ3v) is 11.4. The van der Waals surface area contributed by atoms with Crippen molar-refractivity contribution in [2.45, 2.75) is 290 Å². The summed E-state index contributed by atoms with van der Waals surface area (Å²) in [5.41, 5.74) is 0. The normalized spacial score (nSPS) is 11.8. The van der Waals surface area contributed by atoms with Crippen LogP contribution in [0.1, 0.15) is 284 Å². The van der Waals surface area contributed by atoms with Crippen molar-refractivity contribution < 1.29 is 28.6 Å². The van der Waals surface area contributed by atoms with Crippen LogP contribution in [0.3, 0.4) is 0 Å². The third kappa shape index (κ3) is 43.5. The number of carbonyl (C=O) groups excluding carboxylic acids is 3. The molecule has 0 radical (unpaired) electrons. The molecule has 0 N–H and O–H groups in total. The molecule has 1 unspecified atom stereocenters. The van der Waals surface area contributed by atoms with E-state index < -0.39 is 6.10 Å². The Hall–Kier alpha value is -1.59. The van der Waals surface area contributed by atoms with Gasteiger partial charge < -0.3 is 14.2 Å². The van der Waals surface area contributed by atoms with Gasteiger partial charge in [0.15, 0.2) is 6.10 Å². The molecule has 1 atom stereocenters. The number of esters is 3. The Balaban J connectivity index is 4.09. The van der Waals surface area contributed by atoms with E-state index in [1.807, 2.05) is 0 Å². The van der Waals surface area contributed by atoms with Crippen LogP contribution in [0.15, 0.2) is 0 Å². The maximum atomic E-state index is 12.7. The summed E-state index contributed by atoms with van der Waals surface area (Å²) in [7, 11) is 0. The van der Waals surface area contributed by atoms with Crippen LogP contribution in [0.2, 0.25) is 0 Å². The fourth-order valence-electron chi connectivity index (χ4n) is 7.56. The Bertz CT molecular complexity index is 828. The van der Waals surface area contributed by atoms with Gasteiger partial charge in [-0.25, -0.2) is 0 Å². The Morgan fingerprint density at radius 3 is 0.714 bits per heavy atom. The standard InChI is InChI=1S/C50H96O6/c1-4-7-10-13-15-17-19-21-23-24-25-26-27-29-30-32-34-37-40-43-49(52)55-46-47(45-54-48(51)42-39-36-12-9-6-3)56-50(53)44-41-38-35-33-31-28-22-20-18-16-14-11-8-5-2/h47H,4-46H2,1-3H3. The Labute approximate surface area is 348 Å². The summed E-state index contributed by atoms with van der Waals surface area (Å²) in [5, 5.41) is 0. The quantitative estimate of drug-likeness (QED) is 0.0347. The largest absolute Gasteiger partial charge is 0.462 e. The first-order valence-electron chi connectivity index (χ1n) is 25.0. The molecular weight excluding hydrogens is 697 g/mol. The molecule has 0 spiro atoms. The van der Waals surface area contributed by atoms with Gasteiger partial charge in [-0.2, -0.15) is 0 Å². The van der Waals surface area contributed by atoms with E-state index in [0.717, 1.165) is 64.2 Å². The third-order valence-electron chi connectivity index (χ3n) is 11.4. The lowest BCUT2D eigenvalue weighted by atomic mass is 10.0. The molecule has 0 aliphatic rings. The summed E-state index contributed by atoms with van der Waals surface area (Å²) in [6, 6.07) is 0. The van der Waals surface area contributed by atoms with Crippen LogP contribution in [0.25, 0.3) is 0 Å². The molecule has 0 aliphatic heterocycles. The van der Waals surface area contributed by atoms with Gasteiger partial charge in [-0.05, 0) is 19.3 Å². The van der Waals surface area contributed by atoms with E-state index in [0.29, 0.717) is 19.3 Å². The van der Waals surface area contributed by atoms with Crippen molar-refractivity contribution in [2.75, 3.05) is 13.2 Å². The van der Waals surface area contributed by atoms with Crippen LogP contribution in [0, 0.1) is 0 Å². The number of hydrogen-bond donors (Lipinski definition) is 0. The Kier molecular flexibility index (Phi) is 44.8. The van der Waals surface area contributed by atoms with E-state index in [9.17, 15) is 14.4 Å². The van der Waals surface area contributed by atoms with Crippen molar-refractivity contribution >= 4 is 17.9 Å². The number of hydrogen-bond acceptors (Lipinski definition) is 6. The first kappa shape index (κ1) is 54.4. The molecule has 0 bridgehead atoms. The Morgan fingerprint density at radius 1 is 0.286 bits per heavy atom. The lowest BCUT2D eigenvalue weighted by Gasteiger charge is -2.18. The lowest BCUT2D eigenvalue weighted by Crippen LogP contribution is -2.30. The molecule has 0 amide bonds. The number of carbonyl (C=O) groups is 3.